The fourth-order valence-electron chi connectivity index (χ4n) is 3.20. The van der Waals surface area contributed by atoms with E-state index in [0.29, 0.717) is 11.6 Å². The van der Waals surface area contributed by atoms with E-state index in [-0.39, 0.29) is 0 Å². The Bertz CT molecular complexity index is 209. The van der Waals surface area contributed by atoms with E-state index < -0.39 is 0 Å². The summed E-state index contributed by atoms with van der Waals surface area (Å²) in [6.45, 7) is 3.54. The summed E-state index contributed by atoms with van der Waals surface area (Å²) in [7, 11) is 4.47. The van der Waals surface area contributed by atoms with Gasteiger partial charge in [-0.15, -0.1) is 0 Å². The number of nitrogens with zero attached hydrogens (tertiary/aromatic N) is 2. The van der Waals surface area contributed by atoms with Crippen molar-refractivity contribution in [3.8, 4) is 0 Å². The highest BCUT2D eigenvalue weighted by molar-refractivity contribution is 4.96. The Morgan fingerprint density at radius 1 is 1.33 bits per heavy atom. The molecule has 0 bridgehead atoms. The molecule has 2 aliphatic rings. The average molecular weight is 211 g/mol. The van der Waals surface area contributed by atoms with Gasteiger partial charge in [0.2, 0.25) is 0 Å². The highest BCUT2D eigenvalue weighted by atomic mass is 15.2. The fraction of sp³-hybridized carbons (Fsp3) is 1.00. The summed E-state index contributed by atoms with van der Waals surface area (Å²) < 4.78 is 0. The fourth-order valence-corrected chi connectivity index (χ4v) is 3.20. The molecule has 1 atom stereocenters. The van der Waals surface area contributed by atoms with Gasteiger partial charge in [-0.05, 0) is 39.9 Å². The third-order valence-electron chi connectivity index (χ3n) is 4.31. The summed E-state index contributed by atoms with van der Waals surface area (Å²) >= 11 is 0. The third kappa shape index (κ3) is 2.35. The zero-order valence-electron chi connectivity index (χ0n) is 10.2. The summed E-state index contributed by atoms with van der Waals surface area (Å²) in [6.07, 6.45) is 6.72. The van der Waals surface area contributed by atoms with Gasteiger partial charge in [-0.1, -0.05) is 12.8 Å². The molecule has 1 aliphatic heterocycles. The van der Waals surface area contributed by atoms with Crippen LogP contribution in [0.15, 0.2) is 0 Å². The van der Waals surface area contributed by atoms with Crippen molar-refractivity contribution in [1.82, 2.24) is 9.80 Å². The molecule has 0 amide bonds. The van der Waals surface area contributed by atoms with E-state index in [1.165, 1.54) is 45.2 Å². The SMILES string of the molecule is CN(C)C1(CN2CCC(N)C2)CCCC1. The number of likely N-dealkylation sites (tertiary alicyclic amines) is 1. The van der Waals surface area contributed by atoms with Crippen LogP contribution >= 0.6 is 0 Å². The smallest absolute Gasteiger partial charge is 0.0330 e. The molecule has 1 unspecified atom stereocenters. The summed E-state index contributed by atoms with van der Waals surface area (Å²) in [4.78, 5) is 5.01. The van der Waals surface area contributed by atoms with Crippen LogP contribution in [0.3, 0.4) is 0 Å². The summed E-state index contributed by atoms with van der Waals surface area (Å²) in [6, 6.07) is 0.422. The van der Waals surface area contributed by atoms with Crippen LogP contribution in [0.4, 0.5) is 0 Å². The molecule has 1 heterocycles. The molecular formula is C12H25N3. The molecule has 1 saturated carbocycles. The second-order valence-corrected chi connectivity index (χ2v) is 5.61. The largest absolute Gasteiger partial charge is 0.326 e. The van der Waals surface area contributed by atoms with Crippen LogP contribution in [0.2, 0.25) is 0 Å². The highest BCUT2D eigenvalue weighted by Gasteiger charge is 2.38. The first kappa shape index (κ1) is 11.4. The molecule has 3 nitrogen and oxygen atoms in total. The van der Waals surface area contributed by atoms with Gasteiger partial charge in [0, 0.05) is 24.7 Å². The van der Waals surface area contributed by atoms with Gasteiger partial charge in [0.15, 0.2) is 0 Å². The van der Waals surface area contributed by atoms with Gasteiger partial charge in [0.05, 0.1) is 0 Å². The number of rotatable bonds is 3. The Morgan fingerprint density at radius 2 is 2.00 bits per heavy atom. The number of likely N-dealkylation sites (N-methyl/N-ethyl adjacent to an activating group) is 1. The molecule has 2 fully saturated rings. The van der Waals surface area contributed by atoms with Gasteiger partial charge in [0.25, 0.3) is 0 Å². The predicted molar refractivity (Wildman–Crippen MR) is 63.9 cm³/mol. The predicted octanol–water partition coefficient (Wildman–Crippen LogP) is 0.894. The standard InChI is InChI=1S/C12H25N3/c1-14(2)12(6-3-4-7-12)10-15-8-5-11(13)9-15/h11H,3-10,13H2,1-2H3. The zero-order valence-corrected chi connectivity index (χ0v) is 10.2. The van der Waals surface area contributed by atoms with E-state index in [1.807, 2.05) is 0 Å². The third-order valence-corrected chi connectivity index (χ3v) is 4.31. The van der Waals surface area contributed by atoms with Crippen molar-refractivity contribution in [1.29, 1.82) is 0 Å². The van der Waals surface area contributed by atoms with Crippen molar-refractivity contribution in [3.63, 3.8) is 0 Å². The Kier molecular flexibility index (Phi) is 3.33. The topological polar surface area (TPSA) is 32.5 Å². The molecular weight excluding hydrogens is 186 g/mol. The van der Waals surface area contributed by atoms with Crippen LogP contribution in [0.5, 0.6) is 0 Å². The monoisotopic (exact) mass is 211 g/mol. The van der Waals surface area contributed by atoms with Crippen molar-refractivity contribution in [2.24, 2.45) is 5.73 Å². The first-order valence-electron chi connectivity index (χ1n) is 6.28. The lowest BCUT2D eigenvalue weighted by molar-refractivity contribution is 0.104. The minimum Gasteiger partial charge on any atom is -0.326 e. The highest BCUT2D eigenvalue weighted by Crippen LogP contribution is 2.35. The molecule has 0 aromatic rings. The van der Waals surface area contributed by atoms with E-state index in [1.54, 1.807) is 0 Å². The molecule has 2 N–H and O–H groups in total. The van der Waals surface area contributed by atoms with Crippen LogP contribution in [0.25, 0.3) is 0 Å². The molecule has 3 heteroatoms. The Labute approximate surface area is 93.6 Å². The quantitative estimate of drug-likeness (QED) is 0.752. The van der Waals surface area contributed by atoms with E-state index in [2.05, 4.69) is 23.9 Å². The van der Waals surface area contributed by atoms with Gasteiger partial charge in [-0.25, -0.2) is 0 Å². The van der Waals surface area contributed by atoms with Crippen molar-refractivity contribution in [2.75, 3.05) is 33.7 Å². The van der Waals surface area contributed by atoms with Crippen molar-refractivity contribution >= 4 is 0 Å². The molecule has 1 aliphatic carbocycles. The Hall–Kier alpha value is -0.120. The molecule has 0 aromatic heterocycles. The number of nitrogens with two attached hydrogens (primary N) is 1. The first-order chi connectivity index (χ1) is 7.12. The van der Waals surface area contributed by atoms with E-state index in [9.17, 15) is 0 Å². The summed E-state index contributed by atoms with van der Waals surface area (Å²) in [5.41, 5.74) is 6.41. The van der Waals surface area contributed by atoms with Gasteiger partial charge in [-0.3, -0.25) is 4.90 Å². The normalized spacial score (nSPS) is 31.6. The second kappa shape index (κ2) is 4.40. The van der Waals surface area contributed by atoms with Gasteiger partial charge in [0.1, 0.15) is 0 Å². The molecule has 88 valence electrons. The maximum atomic E-state index is 5.96. The van der Waals surface area contributed by atoms with E-state index in [0.717, 1.165) is 6.54 Å². The lowest BCUT2D eigenvalue weighted by Crippen LogP contribution is -2.50. The molecule has 0 spiro atoms. The van der Waals surface area contributed by atoms with Crippen LogP contribution in [0, 0.1) is 0 Å². The molecule has 1 saturated heterocycles. The molecule has 0 aromatic carbocycles. The second-order valence-electron chi connectivity index (χ2n) is 5.61. The van der Waals surface area contributed by atoms with Crippen LogP contribution < -0.4 is 5.73 Å². The minimum absolute atomic E-state index is 0.422. The average Bonchev–Trinajstić information content (AvgIpc) is 2.77. The van der Waals surface area contributed by atoms with Gasteiger partial charge in [-0.2, -0.15) is 0 Å². The number of hydrogen-bond donors (Lipinski definition) is 1. The maximum Gasteiger partial charge on any atom is 0.0330 e. The van der Waals surface area contributed by atoms with Gasteiger partial charge >= 0.3 is 0 Å². The van der Waals surface area contributed by atoms with E-state index >= 15 is 0 Å². The lowest BCUT2D eigenvalue weighted by Gasteiger charge is -2.39. The molecule has 2 rings (SSSR count). The maximum absolute atomic E-state index is 5.96. The van der Waals surface area contributed by atoms with Crippen LogP contribution in [-0.2, 0) is 0 Å². The Balaban J connectivity index is 1.95. The van der Waals surface area contributed by atoms with Gasteiger partial charge < -0.3 is 10.6 Å². The molecule has 15 heavy (non-hydrogen) atoms. The number of hydrogen-bond acceptors (Lipinski definition) is 3. The van der Waals surface area contributed by atoms with Crippen molar-refractivity contribution in [2.45, 2.75) is 43.7 Å². The minimum atomic E-state index is 0.422. The zero-order chi connectivity index (χ0) is 10.9. The van der Waals surface area contributed by atoms with E-state index in [4.69, 9.17) is 5.73 Å². The summed E-state index contributed by atoms with van der Waals surface area (Å²) in [5.74, 6) is 0. The van der Waals surface area contributed by atoms with Crippen molar-refractivity contribution in [3.05, 3.63) is 0 Å². The molecule has 0 radical (unpaired) electrons. The van der Waals surface area contributed by atoms with Crippen LogP contribution in [0.1, 0.15) is 32.1 Å². The summed E-state index contributed by atoms with van der Waals surface area (Å²) in [5, 5.41) is 0. The van der Waals surface area contributed by atoms with Crippen molar-refractivity contribution < 1.29 is 0 Å². The first-order valence-corrected chi connectivity index (χ1v) is 6.28. The van der Waals surface area contributed by atoms with Crippen LogP contribution in [-0.4, -0.2) is 55.1 Å². The Morgan fingerprint density at radius 3 is 2.47 bits per heavy atom. The lowest BCUT2D eigenvalue weighted by atomic mass is 9.95.